The van der Waals surface area contributed by atoms with E-state index in [1.54, 1.807) is 12.1 Å². The van der Waals surface area contributed by atoms with Gasteiger partial charge in [0.15, 0.2) is 0 Å². The second-order valence-electron chi connectivity index (χ2n) is 7.03. The van der Waals surface area contributed by atoms with Crippen molar-refractivity contribution >= 4 is 33.3 Å². The van der Waals surface area contributed by atoms with Gasteiger partial charge >= 0.3 is 0 Å². The number of carbonyl (C=O) groups is 1. The van der Waals surface area contributed by atoms with Gasteiger partial charge in [-0.3, -0.25) is 4.79 Å². The van der Waals surface area contributed by atoms with Gasteiger partial charge in [0.05, 0.1) is 5.39 Å². The molecule has 0 aliphatic carbocycles. The maximum Gasteiger partial charge on any atom is 0.222 e. The van der Waals surface area contributed by atoms with Crippen molar-refractivity contribution in [3.8, 4) is 11.1 Å². The summed E-state index contributed by atoms with van der Waals surface area (Å²) in [6, 6.07) is 6.36. The minimum absolute atomic E-state index is 0.0145. The molecule has 0 saturated heterocycles. The van der Waals surface area contributed by atoms with Gasteiger partial charge in [0.25, 0.3) is 0 Å². The summed E-state index contributed by atoms with van der Waals surface area (Å²) in [5, 5.41) is 9.05. The molecule has 2 heterocycles. The number of anilines is 1. The van der Waals surface area contributed by atoms with Crippen LogP contribution in [0.5, 0.6) is 0 Å². The number of amides is 1. The van der Waals surface area contributed by atoms with Crippen molar-refractivity contribution in [3.63, 3.8) is 0 Å². The third kappa shape index (κ3) is 4.35. The zero-order chi connectivity index (χ0) is 18.7. The number of fused-ring (bicyclic) bond motifs is 1. The van der Waals surface area contributed by atoms with E-state index >= 15 is 0 Å². The topological polar surface area (TPSA) is 66.9 Å². The maximum atomic E-state index is 13.2. The molecule has 3 rings (SSSR count). The first-order valence-corrected chi connectivity index (χ1v) is 9.24. The molecule has 5 nitrogen and oxygen atoms in total. The lowest BCUT2D eigenvalue weighted by Gasteiger charge is -2.20. The van der Waals surface area contributed by atoms with Crippen molar-refractivity contribution in [2.45, 2.75) is 32.7 Å². The van der Waals surface area contributed by atoms with E-state index in [0.29, 0.717) is 18.8 Å². The predicted molar refractivity (Wildman–Crippen MR) is 104 cm³/mol. The van der Waals surface area contributed by atoms with Crippen LogP contribution in [-0.2, 0) is 4.79 Å². The molecule has 0 bridgehead atoms. The summed E-state index contributed by atoms with van der Waals surface area (Å²) in [4.78, 5) is 21.5. The number of aromatic nitrogens is 2. The Balaban J connectivity index is 1.80. The lowest BCUT2D eigenvalue weighted by molar-refractivity contribution is -0.122. The monoisotopic (exact) mass is 372 g/mol. The number of halogens is 1. The Bertz CT molecular complexity index is 915. The first-order chi connectivity index (χ1) is 12.3. The summed E-state index contributed by atoms with van der Waals surface area (Å²) in [7, 11) is 0. The molecule has 7 heteroatoms. The van der Waals surface area contributed by atoms with Crippen molar-refractivity contribution in [2.24, 2.45) is 0 Å². The summed E-state index contributed by atoms with van der Waals surface area (Å²) >= 11 is 1.51. The standard InChI is InChI=1S/C19H21FN4OS/c1-19(2,3)24-15(25)8-9-21-17-16-14(10-26-18(16)23-11-22-17)12-4-6-13(20)7-5-12/h4-7,10-11H,8-9H2,1-3H3,(H,24,25)(H,21,22,23). The van der Waals surface area contributed by atoms with Gasteiger partial charge in [-0.25, -0.2) is 14.4 Å². The molecule has 0 aliphatic rings. The maximum absolute atomic E-state index is 13.2. The molecular formula is C19H21FN4OS. The summed E-state index contributed by atoms with van der Waals surface area (Å²) in [6.07, 6.45) is 1.85. The van der Waals surface area contributed by atoms with Gasteiger partial charge < -0.3 is 10.6 Å². The van der Waals surface area contributed by atoms with E-state index in [1.807, 2.05) is 26.2 Å². The van der Waals surface area contributed by atoms with Gasteiger partial charge in [0.1, 0.15) is 22.8 Å². The fourth-order valence-electron chi connectivity index (χ4n) is 2.63. The summed E-state index contributed by atoms with van der Waals surface area (Å²) < 4.78 is 13.2. The molecule has 0 spiro atoms. The average molecular weight is 372 g/mol. The van der Waals surface area contributed by atoms with E-state index in [2.05, 4.69) is 20.6 Å². The molecule has 2 aromatic heterocycles. The van der Waals surface area contributed by atoms with Crippen LogP contribution in [0, 0.1) is 5.82 Å². The van der Waals surface area contributed by atoms with E-state index in [1.165, 1.54) is 29.8 Å². The number of benzene rings is 1. The SMILES string of the molecule is CC(C)(C)NC(=O)CCNc1ncnc2scc(-c3ccc(F)cc3)c12. The van der Waals surface area contributed by atoms with Crippen LogP contribution in [0.25, 0.3) is 21.3 Å². The summed E-state index contributed by atoms with van der Waals surface area (Å²) in [5.41, 5.74) is 1.61. The van der Waals surface area contributed by atoms with Gasteiger partial charge in [-0.15, -0.1) is 11.3 Å². The highest BCUT2D eigenvalue weighted by molar-refractivity contribution is 7.17. The normalized spacial score (nSPS) is 11.5. The van der Waals surface area contributed by atoms with E-state index in [0.717, 1.165) is 21.3 Å². The molecule has 0 saturated carbocycles. The zero-order valence-corrected chi connectivity index (χ0v) is 15.8. The molecule has 0 aliphatic heterocycles. The Morgan fingerprint density at radius 2 is 1.92 bits per heavy atom. The van der Waals surface area contributed by atoms with E-state index < -0.39 is 0 Å². The number of hydrogen-bond donors (Lipinski definition) is 2. The molecule has 0 radical (unpaired) electrons. The molecule has 3 aromatic rings. The minimum Gasteiger partial charge on any atom is -0.369 e. The first-order valence-electron chi connectivity index (χ1n) is 8.36. The lowest BCUT2D eigenvalue weighted by atomic mass is 10.1. The largest absolute Gasteiger partial charge is 0.369 e. The number of hydrogen-bond acceptors (Lipinski definition) is 5. The van der Waals surface area contributed by atoms with Gasteiger partial charge in [-0.2, -0.15) is 0 Å². The Kier molecular flexibility index (Phi) is 5.18. The van der Waals surface area contributed by atoms with E-state index in [-0.39, 0.29) is 17.3 Å². The highest BCUT2D eigenvalue weighted by Gasteiger charge is 2.15. The van der Waals surface area contributed by atoms with Crippen molar-refractivity contribution in [1.82, 2.24) is 15.3 Å². The van der Waals surface area contributed by atoms with Crippen LogP contribution in [-0.4, -0.2) is 28.0 Å². The lowest BCUT2D eigenvalue weighted by Crippen LogP contribution is -2.41. The fraction of sp³-hybridized carbons (Fsp3) is 0.316. The van der Waals surface area contributed by atoms with Gasteiger partial charge in [-0.05, 0) is 38.5 Å². The first kappa shape index (κ1) is 18.3. The van der Waals surface area contributed by atoms with Crippen molar-refractivity contribution in [1.29, 1.82) is 0 Å². The molecule has 2 N–H and O–H groups in total. The van der Waals surface area contributed by atoms with Crippen molar-refractivity contribution in [3.05, 3.63) is 41.8 Å². The zero-order valence-electron chi connectivity index (χ0n) is 15.0. The molecule has 1 amide bonds. The Hall–Kier alpha value is -2.54. The van der Waals surface area contributed by atoms with Gasteiger partial charge in [0, 0.05) is 29.4 Å². The Morgan fingerprint density at radius 1 is 1.19 bits per heavy atom. The highest BCUT2D eigenvalue weighted by atomic mass is 32.1. The van der Waals surface area contributed by atoms with Crippen LogP contribution >= 0.6 is 11.3 Å². The third-order valence-corrected chi connectivity index (χ3v) is 4.57. The van der Waals surface area contributed by atoms with Gasteiger partial charge in [0.2, 0.25) is 5.91 Å². The van der Waals surface area contributed by atoms with Crippen LogP contribution < -0.4 is 10.6 Å². The highest BCUT2D eigenvalue weighted by Crippen LogP contribution is 2.36. The third-order valence-electron chi connectivity index (χ3n) is 3.68. The van der Waals surface area contributed by atoms with Gasteiger partial charge in [-0.1, -0.05) is 12.1 Å². The predicted octanol–water partition coefficient (Wildman–Crippen LogP) is 4.21. The number of nitrogens with zero attached hydrogens (tertiary/aromatic N) is 2. The molecule has 0 fully saturated rings. The van der Waals surface area contributed by atoms with Crippen LogP contribution in [0.15, 0.2) is 36.0 Å². The summed E-state index contributed by atoms with van der Waals surface area (Å²) in [6.45, 7) is 6.32. The van der Waals surface area contributed by atoms with Crippen molar-refractivity contribution < 1.29 is 9.18 Å². The Morgan fingerprint density at radius 3 is 2.62 bits per heavy atom. The quantitative estimate of drug-likeness (QED) is 0.704. The van der Waals surface area contributed by atoms with E-state index in [4.69, 9.17) is 0 Å². The molecule has 0 atom stereocenters. The van der Waals surface area contributed by atoms with Crippen LogP contribution in [0.1, 0.15) is 27.2 Å². The van der Waals surface area contributed by atoms with Crippen molar-refractivity contribution in [2.75, 3.05) is 11.9 Å². The number of rotatable bonds is 5. The second kappa shape index (κ2) is 7.37. The number of thiophene rings is 1. The smallest absolute Gasteiger partial charge is 0.222 e. The minimum atomic E-state index is -0.271. The molecule has 1 aromatic carbocycles. The molecule has 136 valence electrons. The molecule has 0 unspecified atom stereocenters. The number of nitrogens with one attached hydrogen (secondary N) is 2. The summed E-state index contributed by atoms with van der Waals surface area (Å²) in [5.74, 6) is 0.395. The van der Waals surface area contributed by atoms with Crippen LogP contribution in [0.3, 0.4) is 0 Å². The van der Waals surface area contributed by atoms with Crippen LogP contribution in [0.2, 0.25) is 0 Å². The molecular weight excluding hydrogens is 351 g/mol. The second-order valence-corrected chi connectivity index (χ2v) is 7.89. The average Bonchev–Trinajstić information content (AvgIpc) is 2.99. The molecule has 26 heavy (non-hydrogen) atoms. The Labute approximate surface area is 155 Å². The fourth-order valence-corrected chi connectivity index (χ4v) is 3.54. The number of carbonyl (C=O) groups excluding carboxylic acids is 1. The van der Waals surface area contributed by atoms with Crippen LogP contribution in [0.4, 0.5) is 10.2 Å². The van der Waals surface area contributed by atoms with E-state index in [9.17, 15) is 9.18 Å².